The molecule has 3 heterocycles. The first-order chi connectivity index (χ1) is 19.0. The molecule has 12 nitrogen and oxygen atoms in total. The molecule has 40 heavy (non-hydrogen) atoms. The van der Waals surface area contributed by atoms with Gasteiger partial charge in [0.2, 0.25) is 17.8 Å². The average molecular weight is 561 g/mol. The zero-order valence-electron chi connectivity index (χ0n) is 22.4. The van der Waals surface area contributed by atoms with Crippen molar-refractivity contribution in [1.29, 1.82) is 0 Å². The van der Waals surface area contributed by atoms with Crippen LogP contribution in [0.2, 0.25) is 0 Å². The third kappa shape index (κ3) is 6.26. The van der Waals surface area contributed by atoms with Crippen LogP contribution in [0.3, 0.4) is 0 Å². The topological polar surface area (TPSA) is 148 Å². The Morgan fingerprint density at radius 2 is 1.85 bits per heavy atom. The SMILES string of the molecule is Cc1cc(CC(=O)Nc2nc3cc(N(C)c4ccnc(Nc5ccc(CS(C)(=O)=O)cc5)n4)ccc3n2C)on1. The maximum atomic E-state index is 12.5. The van der Waals surface area contributed by atoms with Crippen LogP contribution in [-0.4, -0.2) is 52.3 Å². The van der Waals surface area contributed by atoms with E-state index >= 15 is 0 Å². The number of sulfone groups is 1. The van der Waals surface area contributed by atoms with E-state index < -0.39 is 9.84 Å². The average Bonchev–Trinajstić information content (AvgIpc) is 3.45. The van der Waals surface area contributed by atoms with E-state index in [-0.39, 0.29) is 18.1 Å². The molecule has 0 bridgehead atoms. The van der Waals surface area contributed by atoms with Crippen molar-refractivity contribution in [3.8, 4) is 0 Å². The van der Waals surface area contributed by atoms with Crippen LogP contribution in [0.5, 0.6) is 0 Å². The quantitative estimate of drug-likeness (QED) is 0.272. The summed E-state index contributed by atoms with van der Waals surface area (Å²) in [6, 6.07) is 16.4. The lowest BCUT2D eigenvalue weighted by Gasteiger charge is -2.19. The number of carbonyl (C=O) groups is 1. The largest absolute Gasteiger partial charge is 0.361 e. The van der Waals surface area contributed by atoms with Crippen LogP contribution in [0.25, 0.3) is 11.0 Å². The van der Waals surface area contributed by atoms with E-state index in [1.165, 1.54) is 6.26 Å². The van der Waals surface area contributed by atoms with E-state index in [4.69, 9.17) is 4.52 Å². The number of amides is 1. The van der Waals surface area contributed by atoms with Crippen LogP contribution in [-0.2, 0) is 33.9 Å². The fraction of sp³-hybridized carbons (Fsp3) is 0.222. The number of hydrogen-bond acceptors (Lipinski definition) is 10. The molecule has 5 aromatic rings. The summed E-state index contributed by atoms with van der Waals surface area (Å²) in [4.78, 5) is 28.0. The van der Waals surface area contributed by atoms with Crippen LogP contribution in [0.4, 0.5) is 29.1 Å². The predicted molar refractivity (Wildman–Crippen MR) is 153 cm³/mol. The summed E-state index contributed by atoms with van der Waals surface area (Å²) < 4.78 is 30.0. The van der Waals surface area contributed by atoms with Crippen molar-refractivity contribution in [2.75, 3.05) is 28.8 Å². The highest BCUT2D eigenvalue weighted by Gasteiger charge is 2.15. The highest BCUT2D eigenvalue weighted by Crippen LogP contribution is 2.28. The first-order valence-corrected chi connectivity index (χ1v) is 14.4. The number of anilines is 5. The van der Waals surface area contributed by atoms with E-state index in [0.717, 1.165) is 16.9 Å². The van der Waals surface area contributed by atoms with Crippen LogP contribution < -0.4 is 15.5 Å². The maximum absolute atomic E-state index is 12.5. The predicted octanol–water partition coefficient (Wildman–Crippen LogP) is 3.90. The van der Waals surface area contributed by atoms with Gasteiger partial charge in [0.15, 0.2) is 9.84 Å². The molecule has 13 heteroatoms. The zero-order chi connectivity index (χ0) is 28.4. The van der Waals surface area contributed by atoms with Gasteiger partial charge in [0.1, 0.15) is 11.6 Å². The monoisotopic (exact) mass is 560 g/mol. The fourth-order valence-electron chi connectivity index (χ4n) is 4.18. The van der Waals surface area contributed by atoms with E-state index in [1.54, 1.807) is 49.5 Å². The van der Waals surface area contributed by atoms with Crippen molar-refractivity contribution >= 4 is 55.9 Å². The van der Waals surface area contributed by atoms with Gasteiger partial charge < -0.3 is 19.3 Å². The highest BCUT2D eigenvalue weighted by molar-refractivity contribution is 7.89. The molecule has 5 rings (SSSR count). The Morgan fingerprint density at radius 3 is 2.55 bits per heavy atom. The number of nitrogens with zero attached hydrogens (tertiary/aromatic N) is 6. The summed E-state index contributed by atoms with van der Waals surface area (Å²) in [6.07, 6.45) is 2.93. The molecule has 0 aliphatic rings. The van der Waals surface area contributed by atoms with Gasteiger partial charge in [0, 0.05) is 44.0 Å². The van der Waals surface area contributed by atoms with E-state index in [2.05, 4.69) is 30.7 Å². The Labute approximate surface area is 231 Å². The summed E-state index contributed by atoms with van der Waals surface area (Å²) in [5.74, 6) is 1.69. The second-order valence-corrected chi connectivity index (χ2v) is 11.7. The van der Waals surface area contributed by atoms with Gasteiger partial charge in [-0.3, -0.25) is 10.1 Å². The molecule has 0 spiro atoms. The summed E-state index contributed by atoms with van der Waals surface area (Å²) in [6.45, 7) is 1.80. The molecular weight excluding hydrogens is 532 g/mol. The molecule has 0 fully saturated rings. The first kappa shape index (κ1) is 26.8. The number of nitrogens with one attached hydrogen (secondary N) is 2. The Balaban J connectivity index is 1.30. The summed E-state index contributed by atoms with van der Waals surface area (Å²) in [7, 11) is 0.621. The Morgan fingerprint density at radius 1 is 1.07 bits per heavy atom. The van der Waals surface area contributed by atoms with Crippen molar-refractivity contribution in [2.45, 2.75) is 19.1 Å². The number of hydrogen-bond donors (Lipinski definition) is 2. The number of carbonyl (C=O) groups excluding carboxylic acids is 1. The van der Waals surface area contributed by atoms with Crippen LogP contribution >= 0.6 is 0 Å². The lowest BCUT2D eigenvalue weighted by Crippen LogP contribution is -2.16. The van der Waals surface area contributed by atoms with Crippen molar-refractivity contribution in [3.63, 3.8) is 0 Å². The number of aryl methyl sites for hydroxylation is 2. The summed E-state index contributed by atoms with van der Waals surface area (Å²) in [5.41, 5.74) is 4.57. The third-order valence-electron chi connectivity index (χ3n) is 6.14. The molecule has 0 saturated heterocycles. The third-order valence-corrected chi connectivity index (χ3v) is 7.00. The molecule has 2 aromatic carbocycles. The highest BCUT2D eigenvalue weighted by atomic mass is 32.2. The number of fused-ring (bicyclic) bond motifs is 1. The minimum absolute atomic E-state index is 0.0130. The van der Waals surface area contributed by atoms with Gasteiger partial charge in [-0.25, -0.2) is 18.4 Å². The molecule has 1 amide bonds. The van der Waals surface area contributed by atoms with Gasteiger partial charge in [0.25, 0.3) is 0 Å². The van der Waals surface area contributed by atoms with Gasteiger partial charge in [0.05, 0.1) is 28.9 Å². The molecular formula is C27H28N8O4S. The summed E-state index contributed by atoms with van der Waals surface area (Å²) in [5, 5.41) is 9.80. The molecule has 0 atom stereocenters. The van der Waals surface area contributed by atoms with E-state index in [0.29, 0.717) is 40.2 Å². The smallest absolute Gasteiger partial charge is 0.234 e. The molecule has 3 aromatic heterocycles. The van der Waals surface area contributed by atoms with Crippen molar-refractivity contribution < 1.29 is 17.7 Å². The second kappa shape index (κ2) is 10.8. The molecule has 0 aliphatic carbocycles. The van der Waals surface area contributed by atoms with Gasteiger partial charge >= 0.3 is 0 Å². The Hall–Kier alpha value is -4.78. The minimum atomic E-state index is -3.10. The van der Waals surface area contributed by atoms with Crippen LogP contribution in [0.1, 0.15) is 17.0 Å². The lowest BCUT2D eigenvalue weighted by molar-refractivity contribution is -0.115. The standard InChI is InChI=1S/C27H28N8O4S/c1-17-13-21(39-33-17)15-25(36)32-27-30-22-14-20(9-10-23(22)35(27)3)34(2)24-11-12-28-26(31-24)29-19-7-5-18(6-8-19)16-40(4,37)38/h5-14H,15-16H2,1-4H3,(H,28,29,31)(H,30,32,36). The molecule has 0 saturated carbocycles. The zero-order valence-corrected chi connectivity index (χ0v) is 23.2. The van der Waals surface area contributed by atoms with Gasteiger partial charge in [-0.1, -0.05) is 17.3 Å². The summed E-state index contributed by atoms with van der Waals surface area (Å²) >= 11 is 0. The van der Waals surface area contributed by atoms with E-state index in [1.807, 2.05) is 41.8 Å². The molecule has 0 aliphatic heterocycles. The van der Waals surface area contributed by atoms with Crippen LogP contribution in [0, 0.1) is 6.92 Å². The molecule has 206 valence electrons. The van der Waals surface area contributed by atoms with Crippen molar-refractivity contribution in [2.24, 2.45) is 7.05 Å². The Bertz CT molecular complexity index is 1800. The minimum Gasteiger partial charge on any atom is -0.361 e. The molecule has 0 radical (unpaired) electrons. The number of imidazole rings is 1. The fourth-order valence-corrected chi connectivity index (χ4v) is 4.98. The maximum Gasteiger partial charge on any atom is 0.234 e. The van der Waals surface area contributed by atoms with Crippen molar-refractivity contribution in [1.82, 2.24) is 24.7 Å². The lowest BCUT2D eigenvalue weighted by atomic mass is 10.2. The Kier molecular flexibility index (Phi) is 7.22. The van der Waals surface area contributed by atoms with Crippen molar-refractivity contribution in [3.05, 3.63) is 77.8 Å². The molecule has 0 unspecified atom stereocenters. The number of aromatic nitrogens is 5. The van der Waals surface area contributed by atoms with Gasteiger partial charge in [-0.15, -0.1) is 0 Å². The van der Waals surface area contributed by atoms with Crippen LogP contribution in [0.15, 0.2) is 65.3 Å². The first-order valence-electron chi connectivity index (χ1n) is 12.3. The van der Waals surface area contributed by atoms with E-state index in [9.17, 15) is 13.2 Å². The van der Waals surface area contributed by atoms with Gasteiger partial charge in [-0.05, 0) is 48.9 Å². The van der Waals surface area contributed by atoms with Gasteiger partial charge in [-0.2, -0.15) is 4.98 Å². The molecule has 2 N–H and O–H groups in total. The second-order valence-electron chi connectivity index (χ2n) is 9.52. The number of rotatable bonds is 9. The number of benzene rings is 2. The normalized spacial score (nSPS) is 11.5.